The SMILES string of the molecule is COC(=O)c1cc(S(=O)(=O)NCc2ccc(OC)cc2OC)ccc1Cl. The Kier molecular flexibility index (Phi) is 6.47. The summed E-state index contributed by atoms with van der Waals surface area (Å²) in [6, 6.07) is 8.85. The molecule has 0 saturated carbocycles. The van der Waals surface area contributed by atoms with Gasteiger partial charge in [0.05, 0.1) is 36.8 Å². The molecule has 1 N–H and O–H groups in total. The molecule has 0 fully saturated rings. The van der Waals surface area contributed by atoms with Crippen LogP contribution < -0.4 is 14.2 Å². The molecule has 0 spiro atoms. The summed E-state index contributed by atoms with van der Waals surface area (Å²) in [6.45, 7) is -0.00825. The van der Waals surface area contributed by atoms with E-state index in [-0.39, 0.29) is 22.0 Å². The van der Waals surface area contributed by atoms with Gasteiger partial charge in [0.25, 0.3) is 0 Å². The van der Waals surface area contributed by atoms with Gasteiger partial charge >= 0.3 is 5.97 Å². The average molecular weight is 400 g/mol. The van der Waals surface area contributed by atoms with E-state index in [1.807, 2.05) is 0 Å². The minimum atomic E-state index is -3.88. The fourth-order valence-electron chi connectivity index (χ4n) is 2.19. The van der Waals surface area contributed by atoms with Gasteiger partial charge in [0.2, 0.25) is 10.0 Å². The van der Waals surface area contributed by atoms with Crippen molar-refractivity contribution in [2.75, 3.05) is 21.3 Å². The van der Waals surface area contributed by atoms with Crippen molar-refractivity contribution in [3.8, 4) is 11.5 Å². The third-order valence-electron chi connectivity index (χ3n) is 3.60. The van der Waals surface area contributed by atoms with Gasteiger partial charge in [-0.25, -0.2) is 17.9 Å². The monoisotopic (exact) mass is 399 g/mol. The van der Waals surface area contributed by atoms with Crippen LogP contribution in [0.3, 0.4) is 0 Å². The summed E-state index contributed by atoms with van der Waals surface area (Å²) in [5, 5.41) is 0.104. The molecule has 0 aliphatic heterocycles. The van der Waals surface area contributed by atoms with Gasteiger partial charge in [0.15, 0.2) is 0 Å². The lowest BCUT2D eigenvalue weighted by Gasteiger charge is -2.12. The molecule has 7 nitrogen and oxygen atoms in total. The highest BCUT2D eigenvalue weighted by Crippen LogP contribution is 2.25. The van der Waals surface area contributed by atoms with E-state index in [0.717, 1.165) is 0 Å². The Morgan fingerprint density at radius 1 is 1.08 bits per heavy atom. The van der Waals surface area contributed by atoms with Crippen LogP contribution in [0.15, 0.2) is 41.3 Å². The minimum absolute atomic E-state index is 0.00825. The van der Waals surface area contributed by atoms with Crippen LogP contribution in [0.2, 0.25) is 5.02 Å². The number of benzene rings is 2. The quantitative estimate of drug-likeness (QED) is 0.720. The molecule has 0 aromatic heterocycles. The van der Waals surface area contributed by atoms with E-state index in [2.05, 4.69) is 9.46 Å². The smallest absolute Gasteiger partial charge is 0.339 e. The van der Waals surface area contributed by atoms with Crippen LogP contribution in [0, 0.1) is 0 Å². The normalized spacial score (nSPS) is 11.1. The molecule has 0 atom stereocenters. The van der Waals surface area contributed by atoms with Crippen molar-refractivity contribution in [3.05, 3.63) is 52.5 Å². The van der Waals surface area contributed by atoms with Gasteiger partial charge in [-0.05, 0) is 24.3 Å². The second kappa shape index (κ2) is 8.39. The molecule has 0 aliphatic rings. The molecule has 0 aliphatic carbocycles. The summed E-state index contributed by atoms with van der Waals surface area (Å²) in [5.74, 6) is 0.358. The molecule has 0 amide bonds. The fraction of sp³-hybridized carbons (Fsp3) is 0.235. The van der Waals surface area contributed by atoms with E-state index >= 15 is 0 Å². The number of sulfonamides is 1. The Bertz CT molecular complexity index is 913. The molecular formula is C17H18ClNO6S. The van der Waals surface area contributed by atoms with E-state index in [4.69, 9.17) is 21.1 Å². The van der Waals surface area contributed by atoms with Crippen LogP contribution in [0.4, 0.5) is 0 Å². The lowest BCUT2D eigenvalue weighted by molar-refractivity contribution is 0.0600. The fourth-order valence-corrected chi connectivity index (χ4v) is 3.42. The van der Waals surface area contributed by atoms with Gasteiger partial charge in [-0.2, -0.15) is 0 Å². The summed E-state index contributed by atoms with van der Waals surface area (Å²) in [7, 11) is 0.310. The van der Waals surface area contributed by atoms with Crippen molar-refractivity contribution < 1.29 is 27.4 Å². The van der Waals surface area contributed by atoms with E-state index in [1.165, 1.54) is 39.5 Å². The topological polar surface area (TPSA) is 90.9 Å². The summed E-state index contributed by atoms with van der Waals surface area (Å²) in [5.41, 5.74) is 0.595. The first kappa shape index (κ1) is 20.0. The van der Waals surface area contributed by atoms with Crippen molar-refractivity contribution in [1.29, 1.82) is 0 Å². The summed E-state index contributed by atoms with van der Waals surface area (Å²) in [6.07, 6.45) is 0. The van der Waals surface area contributed by atoms with Gasteiger partial charge in [-0.15, -0.1) is 0 Å². The van der Waals surface area contributed by atoms with Crippen LogP contribution in [0.25, 0.3) is 0 Å². The first-order valence-corrected chi connectivity index (χ1v) is 9.27. The minimum Gasteiger partial charge on any atom is -0.497 e. The third kappa shape index (κ3) is 4.46. The van der Waals surface area contributed by atoms with Crippen LogP contribution in [0.5, 0.6) is 11.5 Å². The number of carbonyl (C=O) groups excluding carboxylic acids is 1. The molecule has 9 heteroatoms. The number of ether oxygens (including phenoxy) is 3. The predicted octanol–water partition coefficient (Wildman–Crippen LogP) is 2.62. The van der Waals surface area contributed by atoms with Crippen LogP contribution >= 0.6 is 11.6 Å². The molecule has 0 bridgehead atoms. The molecule has 2 rings (SSSR count). The predicted molar refractivity (Wildman–Crippen MR) is 96.4 cm³/mol. The molecule has 0 unspecified atom stereocenters. The Labute approximate surface area is 156 Å². The largest absolute Gasteiger partial charge is 0.497 e. The van der Waals surface area contributed by atoms with Crippen molar-refractivity contribution in [3.63, 3.8) is 0 Å². The number of nitrogens with one attached hydrogen (secondary N) is 1. The van der Waals surface area contributed by atoms with Crippen molar-refractivity contribution >= 4 is 27.6 Å². The highest BCUT2D eigenvalue weighted by molar-refractivity contribution is 7.89. The van der Waals surface area contributed by atoms with Crippen LogP contribution in [0.1, 0.15) is 15.9 Å². The Balaban J connectivity index is 2.26. The zero-order valence-corrected chi connectivity index (χ0v) is 16.0. The summed E-state index contributed by atoms with van der Waals surface area (Å²) >= 11 is 5.92. The van der Waals surface area contributed by atoms with E-state index in [9.17, 15) is 13.2 Å². The van der Waals surface area contributed by atoms with Gasteiger partial charge in [-0.1, -0.05) is 17.7 Å². The maximum Gasteiger partial charge on any atom is 0.339 e. The number of halogens is 1. The molecule has 0 heterocycles. The number of hydrogen-bond acceptors (Lipinski definition) is 6. The summed E-state index contributed by atoms with van der Waals surface area (Å²) in [4.78, 5) is 11.6. The number of rotatable bonds is 7. The van der Waals surface area contributed by atoms with Gasteiger partial charge < -0.3 is 14.2 Å². The molecule has 2 aromatic rings. The highest BCUT2D eigenvalue weighted by Gasteiger charge is 2.19. The zero-order chi connectivity index (χ0) is 19.3. The van der Waals surface area contributed by atoms with E-state index in [0.29, 0.717) is 17.1 Å². The van der Waals surface area contributed by atoms with Crippen molar-refractivity contribution in [2.24, 2.45) is 0 Å². The van der Waals surface area contributed by atoms with Crippen LogP contribution in [-0.2, 0) is 21.3 Å². The molecule has 2 aromatic carbocycles. The van der Waals surface area contributed by atoms with E-state index < -0.39 is 16.0 Å². The highest BCUT2D eigenvalue weighted by atomic mass is 35.5. The number of esters is 1. The second-order valence-electron chi connectivity index (χ2n) is 5.14. The number of methoxy groups -OCH3 is 3. The first-order valence-electron chi connectivity index (χ1n) is 7.40. The summed E-state index contributed by atoms with van der Waals surface area (Å²) < 4.78 is 42.5. The molecular weight excluding hydrogens is 382 g/mol. The van der Waals surface area contributed by atoms with Gasteiger partial charge in [-0.3, -0.25) is 0 Å². The van der Waals surface area contributed by atoms with Gasteiger partial charge in [0.1, 0.15) is 11.5 Å². The molecule has 140 valence electrons. The first-order chi connectivity index (χ1) is 12.3. The zero-order valence-electron chi connectivity index (χ0n) is 14.4. The average Bonchev–Trinajstić information content (AvgIpc) is 2.65. The molecule has 0 saturated heterocycles. The van der Waals surface area contributed by atoms with Gasteiger partial charge in [0, 0.05) is 18.2 Å². The maximum atomic E-state index is 12.5. The molecule has 0 radical (unpaired) electrons. The second-order valence-corrected chi connectivity index (χ2v) is 7.31. The Morgan fingerprint density at radius 2 is 1.81 bits per heavy atom. The lowest BCUT2D eigenvalue weighted by Crippen LogP contribution is -2.24. The van der Waals surface area contributed by atoms with Crippen LogP contribution in [-0.4, -0.2) is 35.7 Å². The molecule has 26 heavy (non-hydrogen) atoms. The number of hydrogen-bond donors (Lipinski definition) is 1. The standard InChI is InChI=1S/C17H18ClNO6S/c1-23-12-5-4-11(16(8-12)24-2)10-19-26(21,22)13-6-7-15(18)14(9-13)17(20)25-3/h4-9,19H,10H2,1-3H3. The Hall–Kier alpha value is -2.29. The maximum absolute atomic E-state index is 12.5. The van der Waals surface area contributed by atoms with Crippen molar-refractivity contribution in [1.82, 2.24) is 4.72 Å². The number of carbonyl (C=O) groups is 1. The Morgan fingerprint density at radius 3 is 2.42 bits per heavy atom. The van der Waals surface area contributed by atoms with E-state index in [1.54, 1.807) is 18.2 Å². The van der Waals surface area contributed by atoms with Crippen molar-refractivity contribution in [2.45, 2.75) is 11.4 Å². The third-order valence-corrected chi connectivity index (χ3v) is 5.33. The lowest BCUT2D eigenvalue weighted by atomic mass is 10.2.